The Morgan fingerprint density at radius 1 is 0.923 bits per heavy atom. The van der Waals surface area contributed by atoms with Gasteiger partial charge in [-0.05, 0) is 46.7 Å². The molecule has 0 spiro atoms. The lowest BCUT2D eigenvalue weighted by molar-refractivity contribution is 0.467. The van der Waals surface area contributed by atoms with E-state index in [0.29, 0.717) is 22.6 Å². The molecule has 4 rings (SSSR count). The third-order valence-corrected chi connectivity index (χ3v) is 3.95. The lowest BCUT2D eigenvalue weighted by Gasteiger charge is -2.11. The van der Waals surface area contributed by atoms with Crippen molar-refractivity contribution in [1.29, 1.82) is 0 Å². The first-order valence-electron chi connectivity index (χ1n) is 7.68. The number of tetrazole rings is 1. The van der Waals surface area contributed by atoms with E-state index < -0.39 is 11.3 Å². The number of aromatic amines is 2. The number of H-pyrrole nitrogens is 2. The van der Waals surface area contributed by atoms with Crippen LogP contribution in [0.4, 0.5) is 4.39 Å². The Kier molecular flexibility index (Phi) is 3.77. The summed E-state index contributed by atoms with van der Waals surface area (Å²) >= 11 is 0. The minimum atomic E-state index is -0.614. The number of halogens is 1. The van der Waals surface area contributed by atoms with E-state index in [-0.39, 0.29) is 5.82 Å². The van der Waals surface area contributed by atoms with E-state index in [1.165, 1.54) is 18.2 Å². The zero-order valence-electron chi connectivity index (χ0n) is 13.3. The topological polar surface area (TPSA) is 108 Å². The summed E-state index contributed by atoms with van der Waals surface area (Å²) in [7, 11) is 0. The van der Waals surface area contributed by atoms with Gasteiger partial charge < -0.3 is 10.1 Å². The Balaban J connectivity index is 1.84. The van der Waals surface area contributed by atoms with Crippen LogP contribution in [0.2, 0.25) is 0 Å². The largest absolute Gasteiger partial charge is 0.503 e. The fraction of sp³-hybridized carbons (Fsp3) is 0. The monoisotopic (exact) mass is 349 g/mol. The van der Waals surface area contributed by atoms with Crippen LogP contribution in [0.3, 0.4) is 0 Å². The highest BCUT2D eigenvalue weighted by molar-refractivity contribution is 5.82. The van der Waals surface area contributed by atoms with Crippen LogP contribution in [0.25, 0.3) is 33.8 Å². The van der Waals surface area contributed by atoms with Crippen molar-refractivity contribution in [2.75, 3.05) is 0 Å². The summed E-state index contributed by atoms with van der Waals surface area (Å²) in [6.07, 6.45) is 0. The number of hydrogen-bond acceptors (Lipinski definition) is 5. The average Bonchev–Trinajstić information content (AvgIpc) is 3.19. The van der Waals surface area contributed by atoms with Gasteiger partial charge in [-0.2, -0.15) is 5.21 Å². The number of benzene rings is 2. The molecular weight excluding hydrogens is 337 g/mol. The maximum atomic E-state index is 13.2. The van der Waals surface area contributed by atoms with Gasteiger partial charge in [0.25, 0.3) is 5.56 Å². The van der Waals surface area contributed by atoms with Gasteiger partial charge in [-0.25, -0.2) is 4.39 Å². The van der Waals surface area contributed by atoms with Crippen LogP contribution < -0.4 is 5.56 Å². The first-order valence-corrected chi connectivity index (χ1v) is 7.68. The number of nitrogens with one attached hydrogen (secondary N) is 2. The molecule has 0 atom stereocenters. The third-order valence-electron chi connectivity index (χ3n) is 3.95. The fourth-order valence-corrected chi connectivity index (χ4v) is 2.67. The Hall–Kier alpha value is -3.81. The minimum absolute atomic E-state index is 0.374. The van der Waals surface area contributed by atoms with Crippen LogP contribution in [0.5, 0.6) is 5.75 Å². The van der Waals surface area contributed by atoms with Gasteiger partial charge in [-0.15, -0.1) is 10.2 Å². The van der Waals surface area contributed by atoms with Crippen LogP contribution in [0, 0.1) is 5.82 Å². The second-order valence-electron chi connectivity index (χ2n) is 5.59. The van der Waals surface area contributed by atoms with Crippen molar-refractivity contribution in [1.82, 2.24) is 25.6 Å². The van der Waals surface area contributed by atoms with E-state index in [0.717, 1.165) is 11.1 Å². The molecule has 2 aromatic carbocycles. The van der Waals surface area contributed by atoms with Crippen molar-refractivity contribution in [3.8, 4) is 39.5 Å². The van der Waals surface area contributed by atoms with Gasteiger partial charge in [0.05, 0.1) is 5.69 Å². The second-order valence-corrected chi connectivity index (χ2v) is 5.59. The number of aromatic nitrogens is 5. The summed E-state index contributed by atoms with van der Waals surface area (Å²) in [5, 5.41) is 23.6. The molecule has 8 heteroatoms. The SMILES string of the molecule is O=c1[nH]c(-c2ccc(F)cc2)c(-c2ccc(-c3nn[nH]n3)cc2)cc1O. The van der Waals surface area contributed by atoms with Crippen molar-refractivity contribution in [2.45, 2.75) is 0 Å². The van der Waals surface area contributed by atoms with Crippen LogP contribution in [-0.2, 0) is 0 Å². The second kappa shape index (κ2) is 6.25. The number of nitrogens with zero attached hydrogens (tertiary/aromatic N) is 3. The van der Waals surface area contributed by atoms with Gasteiger partial charge in [0.2, 0.25) is 5.82 Å². The van der Waals surface area contributed by atoms with Gasteiger partial charge in [0.1, 0.15) is 5.82 Å². The highest BCUT2D eigenvalue weighted by Crippen LogP contribution is 2.32. The summed E-state index contributed by atoms with van der Waals surface area (Å²) in [6, 6.07) is 14.4. The number of pyridine rings is 1. The zero-order valence-corrected chi connectivity index (χ0v) is 13.3. The van der Waals surface area contributed by atoms with Crippen molar-refractivity contribution >= 4 is 0 Å². The molecule has 0 unspecified atom stereocenters. The first kappa shape index (κ1) is 15.7. The molecule has 2 aromatic heterocycles. The van der Waals surface area contributed by atoms with E-state index in [9.17, 15) is 14.3 Å². The molecule has 0 bridgehead atoms. The van der Waals surface area contributed by atoms with E-state index in [2.05, 4.69) is 25.6 Å². The van der Waals surface area contributed by atoms with Gasteiger partial charge in [-0.3, -0.25) is 4.79 Å². The quantitative estimate of drug-likeness (QED) is 0.527. The van der Waals surface area contributed by atoms with Crippen molar-refractivity contribution in [2.24, 2.45) is 0 Å². The molecule has 3 N–H and O–H groups in total. The zero-order chi connectivity index (χ0) is 18.1. The number of rotatable bonds is 3. The third kappa shape index (κ3) is 2.84. The fourth-order valence-electron chi connectivity index (χ4n) is 2.67. The Morgan fingerprint density at radius 3 is 2.23 bits per heavy atom. The molecule has 0 saturated carbocycles. The number of hydrogen-bond donors (Lipinski definition) is 3. The molecule has 7 nitrogen and oxygen atoms in total. The highest BCUT2D eigenvalue weighted by atomic mass is 19.1. The standard InChI is InChI=1S/C18H12FN5O2/c19-13-7-5-11(6-8-13)16-14(9-15(25)18(26)20-16)10-1-3-12(4-2-10)17-21-23-24-22-17/h1-9,25H,(H,20,26)(H,21,22,23,24). The smallest absolute Gasteiger partial charge is 0.290 e. The summed E-state index contributed by atoms with van der Waals surface area (Å²) in [5.74, 6) is -0.311. The molecular formula is C18H12FN5O2. The van der Waals surface area contributed by atoms with Gasteiger partial charge in [0, 0.05) is 11.1 Å². The van der Waals surface area contributed by atoms with Crippen molar-refractivity contribution in [3.05, 3.63) is 70.8 Å². The van der Waals surface area contributed by atoms with Crippen molar-refractivity contribution in [3.63, 3.8) is 0 Å². The molecule has 2 heterocycles. The van der Waals surface area contributed by atoms with Crippen LogP contribution in [-0.4, -0.2) is 30.7 Å². The summed E-state index contributed by atoms with van der Waals surface area (Å²) < 4.78 is 13.2. The Morgan fingerprint density at radius 2 is 1.58 bits per heavy atom. The molecule has 26 heavy (non-hydrogen) atoms. The molecule has 0 saturated heterocycles. The van der Waals surface area contributed by atoms with Gasteiger partial charge in [-0.1, -0.05) is 24.3 Å². The first-order chi connectivity index (χ1) is 12.6. The normalized spacial score (nSPS) is 10.8. The summed E-state index contributed by atoms with van der Waals surface area (Å²) in [6.45, 7) is 0. The molecule has 0 radical (unpaired) electrons. The van der Waals surface area contributed by atoms with E-state index in [4.69, 9.17) is 0 Å². The van der Waals surface area contributed by atoms with Crippen molar-refractivity contribution < 1.29 is 9.50 Å². The van der Waals surface area contributed by atoms with Gasteiger partial charge in [0.15, 0.2) is 5.75 Å². The van der Waals surface area contributed by atoms with Crippen LogP contribution >= 0.6 is 0 Å². The van der Waals surface area contributed by atoms with E-state index in [1.807, 2.05) is 12.1 Å². The van der Waals surface area contributed by atoms with Crippen LogP contribution in [0.1, 0.15) is 0 Å². The molecule has 4 aromatic rings. The predicted octanol–water partition coefficient (Wildman–Crippen LogP) is 2.73. The van der Waals surface area contributed by atoms with Crippen LogP contribution in [0.15, 0.2) is 59.4 Å². The molecule has 0 aliphatic heterocycles. The molecule has 0 aliphatic rings. The van der Waals surface area contributed by atoms with E-state index in [1.54, 1.807) is 24.3 Å². The molecule has 0 fully saturated rings. The maximum absolute atomic E-state index is 13.2. The average molecular weight is 349 g/mol. The molecule has 0 aliphatic carbocycles. The predicted molar refractivity (Wildman–Crippen MR) is 92.7 cm³/mol. The van der Waals surface area contributed by atoms with Gasteiger partial charge >= 0.3 is 0 Å². The number of aromatic hydroxyl groups is 1. The lowest BCUT2D eigenvalue weighted by atomic mass is 9.98. The minimum Gasteiger partial charge on any atom is -0.503 e. The summed E-state index contributed by atoms with van der Waals surface area (Å²) in [5.41, 5.74) is 2.62. The molecule has 0 amide bonds. The Bertz CT molecular complexity index is 1100. The highest BCUT2D eigenvalue weighted by Gasteiger charge is 2.13. The maximum Gasteiger partial charge on any atom is 0.290 e. The Labute approximate surface area is 146 Å². The molecule has 128 valence electrons. The lowest BCUT2D eigenvalue weighted by Crippen LogP contribution is -2.07. The summed E-state index contributed by atoms with van der Waals surface area (Å²) in [4.78, 5) is 14.5. The van der Waals surface area contributed by atoms with E-state index >= 15 is 0 Å².